The molecule has 5 nitrogen and oxygen atoms in total. The summed E-state index contributed by atoms with van der Waals surface area (Å²) in [5.74, 6) is 2.87. The highest BCUT2D eigenvalue weighted by Gasteiger charge is 2.20. The van der Waals surface area contributed by atoms with Crippen molar-refractivity contribution in [2.75, 3.05) is 24.5 Å². The fourth-order valence-corrected chi connectivity index (χ4v) is 3.47. The first-order valence-electron chi connectivity index (χ1n) is 8.21. The van der Waals surface area contributed by atoms with E-state index >= 15 is 0 Å². The van der Waals surface area contributed by atoms with Crippen LogP contribution in [0.25, 0.3) is 0 Å². The topological polar surface area (TPSA) is 56.8 Å². The van der Waals surface area contributed by atoms with Crippen molar-refractivity contribution in [1.82, 2.24) is 20.5 Å². The first-order chi connectivity index (χ1) is 9.81. The van der Waals surface area contributed by atoms with Gasteiger partial charge in [0.05, 0.1) is 0 Å². The lowest BCUT2D eigenvalue weighted by atomic mass is 9.86. The summed E-state index contributed by atoms with van der Waals surface area (Å²) < 4.78 is 0. The third-order valence-corrected chi connectivity index (χ3v) is 4.69. The molecule has 1 saturated heterocycles. The van der Waals surface area contributed by atoms with Gasteiger partial charge in [0.25, 0.3) is 0 Å². The predicted octanol–water partition coefficient (Wildman–Crippen LogP) is 2.12. The molecule has 3 rings (SSSR count). The summed E-state index contributed by atoms with van der Waals surface area (Å²) in [7, 11) is 0. The number of piperazine rings is 1. The Balaban J connectivity index is 1.51. The number of nitrogens with one attached hydrogen (secondary N) is 2. The molecular formula is C15H27N5. The van der Waals surface area contributed by atoms with E-state index in [1.54, 1.807) is 0 Å². The molecule has 0 amide bonds. The van der Waals surface area contributed by atoms with E-state index in [0.29, 0.717) is 6.04 Å². The number of H-pyrrole nitrogens is 1. The van der Waals surface area contributed by atoms with Gasteiger partial charge < -0.3 is 10.2 Å². The Labute approximate surface area is 121 Å². The van der Waals surface area contributed by atoms with Crippen LogP contribution in [0.5, 0.6) is 0 Å². The third kappa shape index (κ3) is 3.51. The molecule has 0 spiro atoms. The van der Waals surface area contributed by atoms with E-state index in [9.17, 15) is 0 Å². The number of nitrogens with zero attached hydrogens (tertiary/aromatic N) is 3. The summed E-state index contributed by atoms with van der Waals surface area (Å²) in [6.45, 7) is 5.24. The lowest BCUT2D eigenvalue weighted by molar-refractivity contribution is 0.337. The number of hydrogen-bond donors (Lipinski definition) is 2. The Kier molecular flexibility index (Phi) is 4.55. The Bertz CT molecular complexity index is 410. The molecule has 0 aromatic carbocycles. The van der Waals surface area contributed by atoms with Crippen molar-refractivity contribution in [2.24, 2.45) is 5.92 Å². The summed E-state index contributed by atoms with van der Waals surface area (Å²) >= 11 is 0. The molecule has 112 valence electrons. The van der Waals surface area contributed by atoms with E-state index in [2.05, 4.69) is 32.3 Å². The SMILES string of the molecule is C[C@H]1CN(c2n[nH]c(CCC3CCCCC3)n2)CCN1. The van der Waals surface area contributed by atoms with Gasteiger partial charge in [-0.15, -0.1) is 5.10 Å². The summed E-state index contributed by atoms with van der Waals surface area (Å²) in [4.78, 5) is 6.96. The number of hydrogen-bond acceptors (Lipinski definition) is 4. The fraction of sp³-hybridized carbons (Fsp3) is 0.867. The van der Waals surface area contributed by atoms with Gasteiger partial charge in [-0.1, -0.05) is 32.1 Å². The molecule has 1 aromatic rings. The molecule has 1 aromatic heterocycles. The number of aromatic amines is 1. The van der Waals surface area contributed by atoms with Crippen LogP contribution in [-0.4, -0.2) is 40.9 Å². The van der Waals surface area contributed by atoms with Crippen molar-refractivity contribution in [3.05, 3.63) is 5.82 Å². The molecule has 1 aliphatic carbocycles. The molecule has 0 bridgehead atoms. The lowest BCUT2D eigenvalue weighted by Gasteiger charge is -2.30. The van der Waals surface area contributed by atoms with E-state index in [4.69, 9.17) is 0 Å². The maximum Gasteiger partial charge on any atom is 0.244 e. The second kappa shape index (κ2) is 6.57. The van der Waals surface area contributed by atoms with Gasteiger partial charge in [0.1, 0.15) is 5.82 Å². The number of aryl methyl sites for hydroxylation is 1. The van der Waals surface area contributed by atoms with Crippen LogP contribution < -0.4 is 10.2 Å². The fourth-order valence-electron chi connectivity index (χ4n) is 3.47. The highest BCUT2D eigenvalue weighted by molar-refractivity contribution is 5.30. The highest BCUT2D eigenvalue weighted by atomic mass is 15.4. The van der Waals surface area contributed by atoms with E-state index in [1.807, 2.05) is 0 Å². The molecule has 2 aliphatic rings. The van der Waals surface area contributed by atoms with Crippen molar-refractivity contribution >= 4 is 5.95 Å². The normalized spacial score (nSPS) is 25.1. The minimum absolute atomic E-state index is 0.521. The van der Waals surface area contributed by atoms with Gasteiger partial charge in [-0.05, 0) is 19.3 Å². The third-order valence-electron chi connectivity index (χ3n) is 4.69. The maximum absolute atomic E-state index is 4.68. The van der Waals surface area contributed by atoms with Crippen molar-refractivity contribution in [2.45, 2.75) is 57.9 Å². The van der Waals surface area contributed by atoms with Crippen LogP contribution in [0.15, 0.2) is 0 Å². The molecule has 5 heteroatoms. The van der Waals surface area contributed by atoms with Gasteiger partial charge in [-0.25, -0.2) is 0 Å². The van der Waals surface area contributed by atoms with Crippen LogP contribution in [0.1, 0.15) is 51.3 Å². The molecular weight excluding hydrogens is 250 g/mol. The zero-order valence-electron chi connectivity index (χ0n) is 12.6. The molecule has 2 N–H and O–H groups in total. The summed E-state index contributed by atoms with van der Waals surface area (Å²) in [6, 6.07) is 0.521. The first-order valence-corrected chi connectivity index (χ1v) is 8.21. The Morgan fingerprint density at radius 2 is 2.10 bits per heavy atom. The van der Waals surface area contributed by atoms with E-state index in [0.717, 1.165) is 43.7 Å². The molecule has 1 atom stereocenters. The van der Waals surface area contributed by atoms with Crippen molar-refractivity contribution in [1.29, 1.82) is 0 Å². The van der Waals surface area contributed by atoms with Crippen LogP contribution in [0.2, 0.25) is 0 Å². The van der Waals surface area contributed by atoms with E-state index in [-0.39, 0.29) is 0 Å². The van der Waals surface area contributed by atoms with Crippen LogP contribution >= 0.6 is 0 Å². The van der Waals surface area contributed by atoms with Gasteiger partial charge in [0, 0.05) is 32.1 Å². The average molecular weight is 277 g/mol. The second-order valence-corrected chi connectivity index (χ2v) is 6.43. The average Bonchev–Trinajstić information content (AvgIpc) is 2.95. The molecule has 2 heterocycles. The van der Waals surface area contributed by atoms with Crippen molar-refractivity contribution < 1.29 is 0 Å². The monoisotopic (exact) mass is 277 g/mol. The minimum Gasteiger partial charge on any atom is -0.337 e. The number of rotatable bonds is 4. The predicted molar refractivity (Wildman–Crippen MR) is 81.0 cm³/mol. The summed E-state index contributed by atoms with van der Waals surface area (Å²) in [6.07, 6.45) is 9.43. The number of anilines is 1. The van der Waals surface area contributed by atoms with Crippen molar-refractivity contribution in [3.63, 3.8) is 0 Å². The molecule has 0 unspecified atom stereocenters. The van der Waals surface area contributed by atoms with Gasteiger partial charge in [0.2, 0.25) is 5.95 Å². The smallest absolute Gasteiger partial charge is 0.244 e. The molecule has 1 aliphatic heterocycles. The molecule has 2 fully saturated rings. The van der Waals surface area contributed by atoms with Crippen LogP contribution in [-0.2, 0) is 6.42 Å². The van der Waals surface area contributed by atoms with Gasteiger partial charge >= 0.3 is 0 Å². The minimum atomic E-state index is 0.521. The Morgan fingerprint density at radius 3 is 2.90 bits per heavy atom. The lowest BCUT2D eigenvalue weighted by Crippen LogP contribution is -2.49. The van der Waals surface area contributed by atoms with Crippen LogP contribution in [0.4, 0.5) is 5.95 Å². The van der Waals surface area contributed by atoms with E-state index in [1.165, 1.54) is 38.5 Å². The van der Waals surface area contributed by atoms with Crippen molar-refractivity contribution in [3.8, 4) is 0 Å². The largest absolute Gasteiger partial charge is 0.337 e. The Morgan fingerprint density at radius 1 is 1.25 bits per heavy atom. The molecule has 0 radical (unpaired) electrons. The van der Waals surface area contributed by atoms with Gasteiger partial charge in [0.15, 0.2) is 0 Å². The zero-order valence-corrected chi connectivity index (χ0v) is 12.6. The Hall–Kier alpha value is -1.10. The standard InChI is InChI=1S/C15H27N5/c1-12-11-20(10-9-16-12)15-17-14(18-19-15)8-7-13-5-3-2-4-6-13/h12-13,16H,2-11H2,1H3,(H,17,18,19)/t12-/m0/s1. The zero-order chi connectivity index (χ0) is 13.8. The molecule has 20 heavy (non-hydrogen) atoms. The van der Waals surface area contributed by atoms with Crippen LogP contribution in [0, 0.1) is 5.92 Å². The second-order valence-electron chi connectivity index (χ2n) is 6.43. The van der Waals surface area contributed by atoms with Gasteiger partial charge in [-0.3, -0.25) is 5.10 Å². The summed E-state index contributed by atoms with van der Waals surface area (Å²) in [5.41, 5.74) is 0. The molecule has 1 saturated carbocycles. The first kappa shape index (κ1) is 13.9. The highest BCUT2D eigenvalue weighted by Crippen LogP contribution is 2.27. The summed E-state index contributed by atoms with van der Waals surface area (Å²) in [5, 5.41) is 11.0. The maximum atomic E-state index is 4.68. The van der Waals surface area contributed by atoms with Gasteiger partial charge in [-0.2, -0.15) is 4.98 Å². The number of aromatic nitrogens is 3. The van der Waals surface area contributed by atoms with Crippen LogP contribution in [0.3, 0.4) is 0 Å². The van der Waals surface area contributed by atoms with E-state index < -0.39 is 0 Å². The quantitative estimate of drug-likeness (QED) is 0.885.